The van der Waals surface area contributed by atoms with Crippen LogP contribution in [0.25, 0.3) is 0 Å². The molecule has 0 heterocycles. The summed E-state index contributed by atoms with van der Waals surface area (Å²) in [7, 11) is 0. The topological polar surface area (TPSA) is 43.1 Å². The first-order chi connectivity index (χ1) is 7.31. The highest BCUT2D eigenvalue weighted by Gasteiger charge is 2.22. The van der Waals surface area contributed by atoms with E-state index in [9.17, 15) is 4.79 Å². The highest BCUT2D eigenvalue weighted by atomic mass is 16.1. The van der Waals surface area contributed by atoms with Crippen molar-refractivity contribution in [2.75, 3.05) is 0 Å². The van der Waals surface area contributed by atoms with Crippen molar-refractivity contribution in [2.24, 2.45) is 5.73 Å². The fourth-order valence-electron chi connectivity index (χ4n) is 2.41. The first-order valence-corrected chi connectivity index (χ1v) is 5.61. The van der Waals surface area contributed by atoms with E-state index in [4.69, 9.17) is 5.73 Å². The molecule has 1 atom stereocenters. The Bertz CT molecular complexity index is 359. The zero-order valence-electron chi connectivity index (χ0n) is 8.91. The molecule has 1 unspecified atom stereocenters. The number of ketones is 1. The van der Waals surface area contributed by atoms with Gasteiger partial charge in [0, 0.05) is 19.4 Å². The van der Waals surface area contributed by atoms with Crippen LogP contribution in [0.3, 0.4) is 0 Å². The number of carbonyl (C=O) groups is 1. The Morgan fingerprint density at radius 2 is 2.13 bits per heavy atom. The molecule has 1 aromatic carbocycles. The summed E-state index contributed by atoms with van der Waals surface area (Å²) < 4.78 is 0. The minimum atomic E-state index is 0.401. The molecule has 0 saturated heterocycles. The van der Waals surface area contributed by atoms with Gasteiger partial charge in [-0.1, -0.05) is 24.3 Å². The third-order valence-electron chi connectivity index (χ3n) is 3.20. The summed E-state index contributed by atoms with van der Waals surface area (Å²) in [6.07, 6.45) is 3.63. The minimum absolute atomic E-state index is 0.401. The third kappa shape index (κ3) is 2.26. The van der Waals surface area contributed by atoms with Crippen LogP contribution in [0.1, 0.15) is 42.7 Å². The molecule has 15 heavy (non-hydrogen) atoms. The fraction of sp³-hybridized carbons (Fsp3) is 0.462. The van der Waals surface area contributed by atoms with Crippen LogP contribution < -0.4 is 5.73 Å². The van der Waals surface area contributed by atoms with Crippen LogP contribution in [0.4, 0.5) is 0 Å². The number of benzene rings is 1. The maximum atomic E-state index is 11.4. The quantitative estimate of drug-likeness (QED) is 0.801. The zero-order chi connectivity index (χ0) is 10.7. The lowest BCUT2D eigenvalue weighted by molar-refractivity contribution is -0.120. The molecule has 80 valence electrons. The molecule has 2 N–H and O–H groups in total. The van der Waals surface area contributed by atoms with Gasteiger partial charge >= 0.3 is 0 Å². The van der Waals surface area contributed by atoms with Crippen molar-refractivity contribution >= 4 is 5.78 Å². The Kier molecular flexibility index (Phi) is 3.17. The number of carbonyl (C=O) groups excluding carboxylic acids is 1. The van der Waals surface area contributed by atoms with E-state index in [-0.39, 0.29) is 0 Å². The SMILES string of the molecule is NCc1ccccc1C1CCCC(=O)C1. The Morgan fingerprint density at radius 1 is 1.33 bits per heavy atom. The fourth-order valence-corrected chi connectivity index (χ4v) is 2.41. The molecule has 1 aliphatic rings. The molecule has 0 amide bonds. The molecule has 2 heteroatoms. The molecule has 0 aromatic heterocycles. The van der Waals surface area contributed by atoms with Gasteiger partial charge in [0.15, 0.2) is 0 Å². The van der Waals surface area contributed by atoms with Crippen LogP contribution in [0.15, 0.2) is 24.3 Å². The molecule has 1 saturated carbocycles. The van der Waals surface area contributed by atoms with Crippen molar-refractivity contribution in [2.45, 2.75) is 38.1 Å². The van der Waals surface area contributed by atoms with Gasteiger partial charge in [-0.2, -0.15) is 0 Å². The lowest BCUT2D eigenvalue weighted by Gasteiger charge is -2.23. The summed E-state index contributed by atoms with van der Waals surface area (Å²) in [4.78, 5) is 11.4. The predicted molar refractivity (Wildman–Crippen MR) is 60.5 cm³/mol. The second kappa shape index (κ2) is 4.58. The highest BCUT2D eigenvalue weighted by molar-refractivity contribution is 5.80. The number of hydrogen-bond donors (Lipinski definition) is 1. The number of hydrogen-bond acceptors (Lipinski definition) is 2. The Labute approximate surface area is 90.5 Å². The Hall–Kier alpha value is -1.15. The molecule has 2 rings (SSSR count). The lowest BCUT2D eigenvalue weighted by Crippen LogP contribution is -2.15. The lowest BCUT2D eigenvalue weighted by atomic mass is 9.81. The van der Waals surface area contributed by atoms with Crippen molar-refractivity contribution in [1.82, 2.24) is 0 Å². The van der Waals surface area contributed by atoms with Crippen molar-refractivity contribution in [3.05, 3.63) is 35.4 Å². The molecule has 1 fully saturated rings. The maximum absolute atomic E-state index is 11.4. The normalized spacial score (nSPS) is 21.7. The molecule has 1 aliphatic carbocycles. The van der Waals surface area contributed by atoms with Crippen LogP contribution in [0.5, 0.6) is 0 Å². The maximum Gasteiger partial charge on any atom is 0.133 e. The second-order valence-corrected chi connectivity index (χ2v) is 4.23. The summed E-state index contributed by atoms with van der Waals surface area (Å²) >= 11 is 0. The monoisotopic (exact) mass is 203 g/mol. The van der Waals surface area contributed by atoms with Gasteiger partial charge in [0.1, 0.15) is 5.78 Å². The molecule has 0 spiro atoms. The molecular formula is C13H17NO. The molecule has 0 bridgehead atoms. The summed E-state index contributed by atoms with van der Waals surface area (Å²) in [6.45, 7) is 0.570. The van der Waals surface area contributed by atoms with Gasteiger partial charge < -0.3 is 5.73 Å². The number of nitrogens with two attached hydrogens (primary N) is 1. The number of rotatable bonds is 2. The van der Waals surface area contributed by atoms with Gasteiger partial charge in [-0.25, -0.2) is 0 Å². The van der Waals surface area contributed by atoms with Gasteiger partial charge in [0.2, 0.25) is 0 Å². The van der Waals surface area contributed by atoms with Crippen LogP contribution in [-0.2, 0) is 11.3 Å². The largest absolute Gasteiger partial charge is 0.326 e. The number of Topliss-reactive ketones (excluding diaryl/α,β-unsaturated/α-hetero) is 1. The Morgan fingerprint density at radius 3 is 2.87 bits per heavy atom. The van der Waals surface area contributed by atoms with Crippen molar-refractivity contribution < 1.29 is 4.79 Å². The van der Waals surface area contributed by atoms with Gasteiger partial charge in [0.25, 0.3) is 0 Å². The van der Waals surface area contributed by atoms with E-state index in [1.807, 2.05) is 12.1 Å². The van der Waals surface area contributed by atoms with Gasteiger partial charge in [-0.05, 0) is 29.9 Å². The standard InChI is InChI=1S/C13H17NO/c14-9-11-4-1-2-7-13(11)10-5-3-6-12(15)8-10/h1-2,4,7,10H,3,5-6,8-9,14H2. The van der Waals surface area contributed by atoms with E-state index < -0.39 is 0 Å². The van der Waals surface area contributed by atoms with Gasteiger partial charge in [0.05, 0.1) is 0 Å². The molecule has 2 nitrogen and oxygen atoms in total. The molecular weight excluding hydrogens is 186 g/mol. The molecule has 0 aliphatic heterocycles. The van der Waals surface area contributed by atoms with E-state index in [1.54, 1.807) is 0 Å². The summed E-state index contributed by atoms with van der Waals surface area (Å²) in [6, 6.07) is 8.23. The third-order valence-corrected chi connectivity index (χ3v) is 3.20. The minimum Gasteiger partial charge on any atom is -0.326 e. The average Bonchev–Trinajstić information content (AvgIpc) is 2.29. The summed E-state index contributed by atoms with van der Waals surface area (Å²) in [5.41, 5.74) is 8.18. The van der Waals surface area contributed by atoms with Gasteiger partial charge in [-0.3, -0.25) is 4.79 Å². The molecule has 1 aromatic rings. The van der Waals surface area contributed by atoms with E-state index >= 15 is 0 Å². The predicted octanol–water partition coefficient (Wildman–Crippen LogP) is 2.37. The van der Waals surface area contributed by atoms with E-state index in [0.717, 1.165) is 19.3 Å². The zero-order valence-corrected chi connectivity index (χ0v) is 8.91. The summed E-state index contributed by atoms with van der Waals surface area (Å²) in [5.74, 6) is 0.809. The summed E-state index contributed by atoms with van der Waals surface area (Å²) in [5, 5.41) is 0. The Balaban J connectivity index is 2.24. The molecule has 0 radical (unpaired) electrons. The van der Waals surface area contributed by atoms with E-state index in [0.29, 0.717) is 24.7 Å². The van der Waals surface area contributed by atoms with Crippen LogP contribution in [-0.4, -0.2) is 5.78 Å². The average molecular weight is 203 g/mol. The second-order valence-electron chi connectivity index (χ2n) is 4.23. The van der Waals surface area contributed by atoms with Crippen LogP contribution in [0.2, 0.25) is 0 Å². The highest BCUT2D eigenvalue weighted by Crippen LogP contribution is 2.32. The first kappa shape index (κ1) is 10.4. The van der Waals surface area contributed by atoms with Crippen LogP contribution >= 0.6 is 0 Å². The van der Waals surface area contributed by atoms with E-state index in [1.165, 1.54) is 11.1 Å². The smallest absolute Gasteiger partial charge is 0.133 e. The van der Waals surface area contributed by atoms with Crippen molar-refractivity contribution in [1.29, 1.82) is 0 Å². The van der Waals surface area contributed by atoms with E-state index in [2.05, 4.69) is 12.1 Å². The van der Waals surface area contributed by atoms with Crippen molar-refractivity contribution in [3.8, 4) is 0 Å². The van der Waals surface area contributed by atoms with Gasteiger partial charge in [-0.15, -0.1) is 0 Å². The first-order valence-electron chi connectivity index (χ1n) is 5.61. The van der Waals surface area contributed by atoms with Crippen LogP contribution in [0, 0.1) is 0 Å². The van der Waals surface area contributed by atoms with Crippen molar-refractivity contribution in [3.63, 3.8) is 0 Å².